The Morgan fingerprint density at radius 3 is 3.05 bits per heavy atom. The van der Waals surface area contributed by atoms with Gasteiger partial charge in [-0.3, -0.25) is 10.2 Å². The molecule has 3 N–H and O–H groups in total. The highest BCUT2D eigenvalue weighted by Crippen LogP contribution is 2.50. The van der Waals surface area contributed by atoms with Crippen LogP contribution in [0.25, 0.3) is 11.0 Å². The van der Waals surface area contributed by atoms with Crippen molar-refractivity contribution >= 4 is 22.7 Å². The summed E-state index contributed by atoms with van der Waals surface area (Å²) >= 11 is 0. The lowest BCUT2D eigenvalue weighted by Gasteiger charge is -2.00. The van der Waals surface area contributed by atoms with E-state index in [2.05, 4.69) is 10.3 Å². The molecule has 0 radical (unpaired) electrons. The maximum atomic E-state index is 12.0. The zero-order valence-corrected chi connectivity index (χ0v) is 10.3. The van der Waals surface area contributed by atoms with E-state index in [1.807, 2.05) is 18.2 Å². The third kappa shape index (κ3) is 2.21. The van der Waals surface area contributed by atoms with Gasteiger partial charge in [-0.25, -0.2) is 4.63 Å². The number of aromatic nitrogens is 2. The first-order chi connectivity index (χ1) is 9.16. The zero-order chi connectivity index (χ0) is 13.4. The van der Waals surface area contributed by atoms with Crippen LogP contribution in [0.5, 0.6) is 0 Å². The van der Waals surface area contributed by atoms with Crippen LogP contribution in [-0.2, 0) is 4.79 Å². The van der Waals surface area contributed by atoms with Gasteiger partial charge in [0, 0.05) is 18.8 Å². The number of fused-ring (bicyclic) bond motifs is 1. The SMILES string of the molecule is N=C(N)CCC(=O)[C@H]1CC1c1cccc2nonc12. The molecule has 0 bridgehead atoms. The minimum atomic E-state index is 0.0293. The van der Waals surface area contributed by atoms with Crippen molar-refractivity contribution in [2.45, 2.75) is 25.2 Å². The lowest BCUT2D eigenvalue weighted by atomic mass is 10.0. The number of amidine groups is 1. The van der Waals surface area contributed by atoms with Gasteiger partial charge in [0.15, 0.2) is 0 Å². The average Bonchev–Trinajstić information content (AvgIpc) is 3.04. The number of hydrogen-bond donors (Lipinski definition) is 2. The Kier molecular flexibility index (Phi) is 2.77. The van der Waals surface area contributed by atoms with Gasteiger partial charge in [-0.15, -0.1) is 0 Å². The van der Waals surface area contributed by atoms with Gasteiger partial charge in [0.2, 0.25) is 0 Å². The average molecular weight is 258 g/mol. The number of rotatable bonds is 5. The monoisotopic (exact) mass is 258 g/mol. The van der Waals surface area contributed by atoms with Gasteiger partial charge in [0.1, 0.15) is 16.8 Å². The molecular formula is C13H14N4O2. The molecule has 0 aliphatic heterocycles. The summed E-state index contributed by atoms with van der Waals surface area (Å²) in [7, 11) is 0. The van der Waals surface area contributed by atoms with Crippen LogP contribution in [0.1, 0.15) is 30.7 Å². The third-order valence-electron chi connectivity index (χ3n) is 3.56. The van der Waals surface area contributed by atoms with Crippen LogP contribution in [0.4, 0.5) is 0 Å². The summed E-state index contributed by atoms with van der Waals surface area (Å²) in [5.74, 6) is 0.471. The molecule has 1 saturated carbocycles. The summed E-state index contributed by atoms with van der Waals surface area (Å²) in [5, 5.41) is 14.8. The number of benzene rings is 1. The maximum Gasteiger partial charge on any atom is 0.138 e. The van der Waals surface area contributed by atoms with E-state index in [-0.39, 0.29) is 23.5 Å². The molecule has 1 heterocycles. The molecule has 1 aromatic carbocycles. The van der Waals surface area contributed by atoms with Crippen molar-refractivity contribution < 1.29 is 9.42 Å². The highest BCUT2D eigenvalue weighted by Gasteiger charge is 2.44. The molecule has 6 nitrogen and oxygen atoms in total. The normalized spacial score (nSPS) is 21.5. The summed E-state index contributed by atoms with van der Waals surface area (Å²) in [6.07, 6.45) is 1.53. The minimum Gasteiger partial charge on any atom is -0.388 e. The molecular weight excluding hydrogens is 244 g/mol. The van der Waals surface area contributed by atoms with E-state index in [4.69, 9.17) is 15.8 Å². The molecule has 1 fully saturated rings. The topological polar surface area (TPSA) is 106 Å². The predicted octanol–water partition coefficient (Wildman–Crippen LogP) is 1.61. The molecule has 1 aliphatic rings. The Morgan fingerprint density at radius 2 is 2.26 bits per heavy atom. The molecule has 0 saturated heterocycles. The second-order valence-electron chi connectivity index (χ2n) is 4.92. The number of carbonyl (C=O) groups is 1. The molecule has 1 aliphatic carbocycles. The number of hydrogen-bond acceptors (Lipinski definition) is 5. The molecule has 1 unspecified atom stereocenters. The van der Waals surface area contributed by atoms with Crippen LogP contribution < -0.4 is 5.73 Å². The third-order valence-corrected chi connectivity index (χ3v) is 3.56. The minimum absolute atomic E-state index is 0.0293. The van der Waals surface area contributed by atoms with Crippen molar-refractivity contribution in [3.05, 3.63) is 23.8 Å². The van der Waals surface area contributed by atoms with Crippen molar-refractivity contribution in [3.8, 4) is 0 Å². The number of Topliss-reactive ketones (excluding diaryl/α,β-unsaturated/α-hetero) is 1. The Labute approximate surface area is 109 Å². The largest absolute Gasteiger partial charge is 0.388 e. The smallest absolute Gasteiger partial charge is 0.138 e. The van der Waals surface area contributed by atoms with Crippen molar-refractivity contribution in [1.82, 2.24) is 10.3 Å². The van der Waals surface area contributed by atoms with Crippen molar-refractivity contribution in [3.63, 3.8) is 0 Å². The molecule has 2 atom stereocenters. The van der Waals surface area contributed by atoms with Gasteiger partial charge in [-0.2, -0.15) is 0 Å². The summed E-state index contributed by atoms with van der Waals surface area (Å²) in [5.41, 5.74) is 7.76. The van der Waals surface area contributed by atoms with E-state index in [0.29, 0.717) is 12.8 Å². The van der Waals surface area contributed by atoms with E-state index in [9.17, 15) is 4.79 Å². The lowest BCUT2D eigenvalue weighted by Crippen LogP contribution is -2.12. The van der Waals surface area contributed by atoms with Crippen molar-refractivity contribution in [1.29, 1.82) is 5.41 Å². The van der Waals surface area contributed by atoms with Crippen LogP contribution >= 0.6 is 0 Å². The summed E-state index contributed by atoms with van der Waals surface area (Å²) in [6.45, 7) is 0. The number of nitrogens with two attached hydrogens (primary N) is 1. The van der Waals surface area contributed by atoms with Gasteiger partial charge in [-0.1, -0.05) is 12.1 Å². The first-order valence-corrected chi connectivity index (χ1v) is 6.23. The summed E-state index contributed by atoms with van der Waals surface area (Å²) in [4.78, 5) is 12.0. The zero-order valence-electron chi connectivity index (χ0n) is 10.3. The molecule has 0 spiro atoms. The number of nitrogens with one attached hydrogen (secondary N) is 1. The van der Waals surface area contributed by atoms with Gasteiger partial charge >= 0.3 is 0 Å². The molecule has 98 valence electrons. The van der Waals surface area contributed by atoms with Crippen LogP contribution in [-0.4, -0.2) is 21.9 Å². The molecule has 2 aromatic rings. The number of ketones is 1. The Hall–Kier alpha value is -2.24. The second kappa shape index (κ2) is 4.46. The van der Waals surface area contributed by atoms with E-state index in [1.165, 1.54) is 0 Å². The Morgan fingerprint density at radius 1 is 1.42 bits per heavy atom. The summed E-state index contributed by atoms with van der Waals surface area (Å²) in [6, 6.07) is 5.71. The first kappa shape index (κ1) is 11.8. The maximum absolute atomic E-state index is 12.0. The molecule has 6 heteroatoms. The highest BCUT2D eigenvalue weighted by molar-refractivity contribution is 5.90. The standard InChI is InChI=1S/C13H14N4O2/c14-12(15)5-4-11(18)9-6-8(9)7-2-1-3-10-13(7)17-19-16-10/h1-3,8-9H,4-6H2,(H3,14,15)/t8?,9-/m0/s1. The van der Waals surface area contributed by atoms with Gasteiger partial charge in [-0.05, 0) is 34.3 Å². The molecule has 19 heavy (non-hydrogen) atoms. The van der Waals surface area contributed by atoms with Gasteiger partial charge in [0.25, 0.3) is 0 Å². The molecule has 1 aromatic heterocycles. The van der Waals surface area contributed by atoms with Crippen LogP contribution in [0.3, 0.4) is 0 Å². The van der Waals surface area contributed by atoms with Gasteiger partial charge in [0.05, 0.1) is 5.84 Å². The van der Waals surface area contributed by atoms with E-state index in [1.54, 1.807) is 0 Å². The molecule has 0 amide bonds. The second-order valence-corrected chi connectivity index (χ2v) is 4.92. The quantitative estimate of drug-likeness (QED) is 0.626. The first-order valence-electron chi connectivity index (χ1n) is 6.23. The number of nitrogens with zero attached hydrogens (tertiary/aromatic N) is 2. The summed E-state index contributed by atoms with van der Waals surface area (Å²) < 4.78 is 4.73. The number of carbonyl (C=O) groups excluding carboxylic acids is 1. The van der Waals surface area contributed by atoms with E-state index >= 15 is 0 Å². The highest BCUT2D eigenvalue weighted by atomic mass is 16.6. The Balaban J connectivity index is 1.74. The van der Waals surface area contributed by atoms with Crippen molar-refractivity contribution in [2.24, 2.45) is 11.7 Å². The molecule has 3 rings (SSSR count). The van der Waals surface area contributed by atoms with Crippen molar-refractivity contribution in [2.75, 3.05) is 0 Å². The van der Waals surface area contributed by atoms with Crippen LogP contribution in [0, 0.1) is 11.3 Å². The predicted molar refractivity (Wildman–Crippen MR) is 68.8 cm³/mol. The Bertz CT molecular complexity index is 649. The van der Waals surface area contributed by atoms with E-state index in [0.717, 1.165) is 23.0 Å². The fraction of sp³-hybridized carbons (Fsp3) is 0.385. The lowest BCUT2D eigenvalue weighted by molar-refractivity contribution is -0.120. The van der Waals surface area contributed by atoms with Crippen LogP contribution in [0.15, 0.2) is 22.8 Å². The van der Waals surface area contributed by atoms with Gasteiger partial charge < -0.3 is 5.73 Å². The fourth-order valence-electron chi connectivity index (χ4n) is 2.46. The fourth-order valence-corrected chi connectivity index (χ4v) is 2.46. The van der Waals surface area contributed by atoms with E-state index < -0.39 is 0 Å². The van der Waals surface area contributed by atoms with Crippen LogP contribution in [0.2, 0.25) is 0 Å².